The molecule has 0 aliphatic carbocycles. The molecule has 0 bridgehead atoms. The van der Waals surface area contributed by atoms with Crippen LogP contribution < -0.4 is 10.2 Å². The minimum Gasteiger partial charge on any atom is -0.392 e. The molecular weight excluding hydrogens is 216 g/mol. The number of anilines is 1. The zero-order chi connectivity index (χ0) is 12.7. The molecule has 0 fully saturated rings. The summed E-state index contributed by atoms with van der Waals surface area (Å²) in [5, 5.41) is 12.6. The van der Waals surface area contributed by atoms with Gasteiger partial charge in [-0.2, -0.15) is 0 Å². The summed E-state index contributed by atoms with van der Waals surface area (Å²) in [6, 6.07) is 0. The number of rotatable bonds is 7. The standard InChI is InChI=1S/C12H22N4O/c1-4-5-13-6-11-7-14-12(15-8-11)16(3)9-10(2)17/h7-8,10,13,17H,4-6,9H2,1-3H3. The second kappa shape index (κ2) is 7.19. The molecule has 5 heteroatoms. The maximum atomic E-state index is 9.27. The Kier molecular flexibility index (Phi) is 5.86. The van der Waals surface area contributed by atoms with Crippen molar-refractivity contribution in [1.82, 2.24) is 15.3 Å². The van der Waals surface area contributed by atoms with E-state index in [1.165, 1.54) is 0 Å². The van der Waals surface area contributed by atoms with Crippen LogP contribution in [0.4, 0.5) is 5.95 Å². The van der Waals surface area contributed by atoms with Crippen molar-refractivity contribution in [1.29, 1.82) is 0 Å². The van der Waals surface area contributed by atoms with Crippen LogP contribution in [-0.2, 0) is 6.54 Å². The van der Waals surface area contributed by atoms with Gasteiger partial charge in [0.05, 0.1) is 6.10 Å². The lowest BCUT2D eigenvalue weighted by Crippen LogP contribution is -2.28. The van der Waals surface area contributed by atoms with Crippen LogP contribution >= 0.6 is 0 Å². The van der Waals surface area contributed by atoms with E-state index < -0.39 is 0 Å². The Balaban J connectivity index is 2.49. The molecular formula is C12H22N4O. The van der Waals surface area contributed by atoms with Crippen LogP contribution in [0.25, 0.3) is 0 Å². The van der Waals surface area contributed by atoms with E-state index in [4.69, 9.17) is 0 Å². The number of hydrogen-bond acceptors (Lipinski definition) is 5. The number of aliphatic hydroxyl groups is 1. The number of aliphatic hydroxyl groups excluding tert-OH is 1. The number of aromatic nitrogens is 2. The molecule has 0 radical (unpaired) electrons. The van der Waals surface area contributed by atoms with E-state index in [1.807, 2.05) is 24.3 Å². The van der Waals surface area contributed by atoms with Gasteiger partial charge in [0, 0.05) is 38.1 Å². The molecule has 2 N–H and O–H groups in total. The Bertz CT molecular complexity index is 313. The number of nitrogens with zero attached hydrogens (tertiary/aromatic N) is 3. The highest BCUT2D eigenvalue weighted by atomic mass is 16.3. The molecule has 0 aliphatic rings. The fraction of sp³-hybridized carbons (Fsp3) is 0.667. The zero-order valence-electron chi connectivity index (χ0n) is 10.8. The predicted octanol–water partition coefficient (Wildman–Crippen LogP) is 0.793. The Morgan fingerprint density at radius 2 is 2.06 bits per heavy atom. The molecule has 5 nitrogen and oxygen atoms in total. The van der Waals surface area contributed by atoms with Crippen molar-refractivity contribution in [2.75, 3.05) is 25.0 Å². The van der Waals surface area contributed by atoms with Gasteiger partial charge in [0.2, 0.25) is 5.95 Å². The summed E-state index contributed by atoms with van der Waals surface area (Å²) in [7, 11) is 1.87. The van der Waals surface area contributed by atoms with Crippen LogP contribution in [0.2, 0.25) is 0 Å². The summed E-state index contributed by atoms with van der Waals surface area (Å²) in [4.78, 5) is 10.4. The molecule has 1 unspecified atom stereocenters. The van der Waals surface area contributed by atoms with Crippen molar-refractivity contribution in [2.45, 2.75) is 32.9 Å². The maximum absolute atomic E-state index is 9.27. The topological polar surface area (TPSA) is 61.3 Å². The Morgan fingerprint density at radius 1 is 1.41 bits per heavy atom. The van der Waals surface area contributed by atoms with Gasteiger partial charge < -0.3 is 15.3 Å². The lowest BCUT2D eigenvalue weighted by Gasteiger charge is -2.18. The number of likely N-dealkylation sites (N-methyl/N-ethyl adjacent to an activating group) is 1. The van der Waals surface area contributed by atoms with Crippen molar-refractivity contribution in [3.8, 4) is 0 Å². The first-order valence-electron chi connectivity index (χ1n) is 6.04. The Hall–Kier alpha value is -1.20. The molecule has 1 rings (SSSR count). The third-order valence-electron chi connectivity index (χ3n) is 2.33. The van der Waals surface area contributed by atoms with Gasteiger partial charge in [-0.15, -0.1) is 0 Å². The van der Waals surface area contributed by atoms with Crippen LogP contribution in [0, 0.1) is 0 Å². The molecule has 1 aromatic rings. The van der Waals surface area contributed by atoms with Gasteiger partial charge in [0.1, 0.15) is 0 Å². The highest BCUT2D eigenvalue weighted by molar-refractivity contribution is 5.28. The summed E-state index contributed by atoms with van der Waals surface area (Å²) in [6.07, 6.45) is 4.39. The smallest absolute Gasteiger partial charge is 0.225 e. The van der Waals surface area contributed by atoms with Gasteiger partial charge in [0.15, 0.2) is 0 Å². The van der Waals surface area contributed by atoms with Crippen molar-refractivity contribution in [2.24, 2.45) is 0 Å². The minimum absolute atomic E-state index is 0.380. The summed E-state index contributed by atoms with van der Waals surface area (Å²) in [5.41, 5.74) is 1.08. The molecule has 0 saturated carbocycles. The largest absolute Gasteiger partial charge is 0.392 e. The lowest BCUT2D eigenvalue weighted by atomic mass is 10.3. The molecule has 0 aliphatic heterocycles. The fourth-order valence-electron chi connectivity index (χ4n) is 1.52. The average molecular weight is 238 g/mol. The van der Waals surface area contributed by atoms with E-state index >= 15 is 0 Å². The van der Waals surface area contributed by atoms with E-state index in [9.17, 15) is 5.11 Å². The van der Waals surface area contributed by atoms with Crippen molar-refractivity contribution >= 4 is 5.95 Å². The summed E-state index contributed by atoms with van der Waals surface area (Å²) >= 11 is 0. The first-order chi connectivity index (χ1) is 8.13. The maximum Gasteiger partial charge on any atom is 0.225 e. The number of nitrogens with one attached hydrogen (secondary N) is 1. The zero-order valence-corrected chi connectivity index (χ0v) is 10.8. The summed E-state index contributed by atoms with van der Waals surface area (Å²) in [5.74, 6) is 0.644. The quantitative estimate of drug-likeness (QED) is 0.688. The highest BCUT2D eigenvalue weighted by Crippen LogP contribution is 2.05. The predicted molar refractivity (Wildman–Crippen MR) is 69.0 cm³/mol. The second-order valence-corrected chi connectivity index (χ2v) is 4.30. The van der Waals surface area contributed by atoms with Crippen molar-refractivity contribution in [3.63, 3.8) is 0 Å². The van der Waals surface area contributed by atoms with E-state index in [2.05, 4.69) is 22.2 Å². The van der Waals surface area contributed by atoms with Gasteiger partial charge in [-0.1, -0.05) is 6.92 Å². The first kappa shape index (κ1) is 13.9. The molecule has 17 heavy (non-hydrogen) atoms. The van der Waals surface area contributed by atoms with Gasteiger partial charge in [-0.25, -0.2) is 9.97 Å². The molecule has 0 saturated heterocycles. The minimum atomic E-state index is -0.380. The normalized spacial score (nSPS) is 12.5. The monoisotopic (exact) mass is 238 g/mol. The van der Waals surface area contributed by atoms with Crippen LogP contribution in [0.5, 0.6) is 0 Å². The average Bonchev–Trinajstić information content (AvgIpc) is 2.29. The van der Waals surface area contributed by atoms with Crippen LogP contribution in [0.1, 0.15) is 25.8 Å². The lowest BCUT2D eigenvalue weighted by molar-refractivity contribution is 0.201. The van der Waals surface area contributed by atoms with Gasteiger partial charge in [0.25, 0.3) is 0 Å². The molecule has 0 spiro atoms. The third kappa shape index (κ3) is 5.10. The van der Waals surface area contributed by atoms with E-state index in [0.717, 1.165) is 25.1 Å². The molecule has 1 aromatic heterocycles. The first-order valence-corrected chi connectivity index (χ1v) is 6.04. The Morgan fingerprint density at radius 3 is 2.59 bits per heavy atom. The molecule has 0 amide bonds. The van der Waals surface area contributed by atoms with Gasteiger partial charge >= 0.3 is 0 Å². The van der Waals surface area contributed by atoms with Crippen LogP contribution in [-0.4, -0.2) is 41.3 Å². The SMILES string of the molecule is CCCNCc1cnc(N(C)CC(C)O)nc1. The highest BCUT2D eigenvalue weighted by Gasteiger charge is 2.06. The van der Waals surface area contributed by atoms with E-state index in [0.29, 0.717) is 12.5 Å². The number of hydrogen-bond donors (Lipinski definition) is 2. The van der Waals surface area contributed by atoms with Crippen LogP contribution in [0.15, 0.2) is 12.4 Å². The molecule has 1 heterocycles. The van der Waals surface area contributed by atoms with Crippen molar-refractivity contribution < 1.29 is 5.11 Å². The molecule has 0 aromatic carbocycles. The molecule has 1 atom stereocenters. The summed E-state index contributed by atoms with van der Waals surface area (Å²) in [6.45, 7) is 6.22. The van der Waals surface area contributed by atoms with Gasteiger partial charge in [-0.05, 0) is 19.9 Å². The van der Waals surface area contributed by atoms with Crippen LogP contribution in [0.3, 0.4) is 0 Å². The van der Waals surface area contributed by atoms with Crippen molar-refractivity contribution in [3.05, 3.63) is 18.0 Å². The van der Waals surface area contributed by atoms with Gasteiger partial charge in [-0.3, -0.25) is 0 Å². The molecule has 96 valence electrons. The third-order valence-corrected chi connectivity index (χ3v) is 2.33. The van der Waals surface area contributed by atoms with E-state index in [-0.39, 0.29) is 6.10 Å². The Labute approximate surface area is 103 Å². The van der Waals surface area contributed by atoms with E-state index in [1.54, 1.807) is 6.92 Å². The second-order valence-electron chi connectivity index (χ2n) is 4.30. The fourth-order valence-corrected chi connectivity index (χ4v) is 1.52. The summed E-state index contributed by atoms with van der Waals surface area (Å²) < 4.78 is 0.